The predicted molar refractivity (Wildman–Crippen MR) is 87.8 cm³/mol. The first-order valence-electron chi connectivity index (χ1n) is 6.04. The second kappa shape index (κ2) is 6.81. The van der Waals surface area contributed by atoms with Crippen LogP contribution in [-0.4, -0.2) is 7.11 Å². The molecule has 2 nitrogen and oxygen atoms in total. The average Bonchev–Trinajstić information content (AvgIpc) is 2.42. The number of halogens is 3. The molecule has 106 valence electrons. The van der Waals surface area contributed by atoms with Gasteiger partial charge < -0.3 is 10.5 Å². The van der Waals surface area contributed by atoms with E-state index in [1.165, 1.54) is 0 Å². The zero-order valence-corrected chi connectivity index (χ0v) is 14.0. The van der Waals surface area contributed by atoms with Gasteiger partial charge in [-0.3, -0.25) is 0 Å². The number of rotatable bonds is 4. The highest BCUT2D eigenvalue weighted by atomic mass is 79.9. The number of hydrogen-bond acceptors (Lipinski definition) is 2. The van der Waals surface area contributed by atoms with Crippen LogP contribution in [0.3, 0.4) is 0 Å². The fraction of sp³-hybridized carbons (Fsp3) is 0.200. The van der Waals surface area contributed by atoms with Crippen molar-refractivity contribution in [3.05, 3.63) is 62.0 Å². The largest absolute Gasteiger partial charge is 0.496 e. The van der Waals surface area contributed by atoms with Crippen LogP contribution in [0.5, 0.6) is 5.75 Å². The summed E-state index contributed by atoms with van der Waals surface area (Å²) < 4.78 is 6.32. The Morgan fingerprint density at radius 2 is 1.95 bits per heavy atom. The van der Waals surface area contributed by atoms with Crippen LogP contribution >= 0.6 is 39.1 Å². The van der Waals surface area contributed by atoms with Crippen molar-refractivity contribution in [3.8, 4) is 5.75 Å². The summed E-state index contributed by atoms with van der Waals surface area (Å²) in [5.74, 6) is 0.755. The van der Waals surface area contributed by atoms with Crippen LogP contribution in [0.15, 0.2) is 40.9 Å². The molecule has 2 N–H and O–H groups in total. The molecule has 0 radical (unpaired) electrons. The van der Waals surface area contributed by atoms with Crippen molar-refractivity contribution < 1.29 is 4.74 Å². The highest BCUT2D eigenvalue weighted by molar-refractivity contribution is 9.10. The van der Waals surface area contributed by atoms with Crippen LogP contribution in [0.2, 0.25) is 10.0 Å². The third-order valence-electron chi connectivity index (χ3n) is 3.04. The quantitative estimate of drug-likeness (QED) is 0.816. The lowest BCUT2D eigenvalue weighted by Gasteiger charge is -2.17. The van der Waals surface area contributed by atoms with E-state index in [9.17, 15) is 0 Å². The van der Waals surface area contributed by atoms with Crippen LogP contribution in [0.25, 0.3) is 0 Å². The number of methoxy groups -OCH3 is 1. The maximum absolute atomic E-state index is 6.28. The molecule has 2 aromatic carbocycles. The molecule has 0 aliphatic rings. The third-order valence-corrected chi connectivity index (χ3v) is 4.14. The minimum atomic E-state index is -0.214. The van der Waals surface area contributed by atoms with Crippen molar-refractivity contribution in [2.45, 2.75) is 12.5 Å². The summed E-state index contributed by atoms with van der Waals surface area (Å²) in [4.78, 5) is 0. The van der Waals surface area contributed by atoms with Crippen LogP contribution in [-0.2, 0) is 6.42 Å². The van der Waals surface area contributed by atoms with E-state index < -0.39 is 0 Å². The molecule has 0 fully saturated rings. The highest BCUT2D eigenvalue weighted by Gasteiger charge is 2.14. The van der Waals surface area contributed by atoms with Gasteiger partial charge in [0.25, 0.3) is 0 Å². The van der Waals surface area contributed by atoms with Crippen molar-refractivity contribution in [3.63, 3.8) is 0 Å². The molecule has 1 unspecified atom stereocenters. The van der Waals surface area contributed by atoms with Crippen LogP contribution in [0.1, 0.15) is 17.2 Å². The van der Waals surface area contributed by atoms with Crippen molar-refractivity contribution >= 4 is 39.1 Å². The van der Waals surface area contributed by atoms with Crippen LogP contribution < -0.4 is 10.5 Å². The van der Waals surface area contributed by atoms with Gasteiger partial charge in [-0.05, 0) is 42.3 Å². The van der Waals surface area contributed by atoms with Gasteiger partial charge in [0.2, 0.25) is 0 Å². The summed E-state index contributed by atoms with van der Waals surface area (Å²) in [6.07, 6.45) is 0.595. The van der Waals surface area contributed by atoms with Gasteiger partial charge in [-0.2, -0.15) is 0 Å². The van der Waals surface area contributed by atoms with E-state index in [2.05, 4.69) is 15.9 Å². The summed E-state index contributed by atoms with van der Waals surface area (Å²) in [7, 11) is 1.63. The maximum Gasteiger partial charge on any atom is 0.124 e. The molecule has 0 amide bonds. The van der Waals surface area contributed by atoms with E-state index in [0.29, 0.717) is 16.5 Å². The van der Waals surface area contributed by atoms with Crippen molar-refractivity contribution in [1.82, 2.24) is 0 Å². The van der Waals surface area contributed by atoms with Gasteiger partial charge in [0, 0.05) is 26.1 Å². The Hall–Kier alpha value is -0.740. The van der Waals surface area contributed by atoms with Gasteiger partial charge in [-0.25, -0.2) is 0 Å². The lowest BCUT2D eigenvalue weighted by molar-refractivity contribution is 0.405. The minimum absolute atomic E-state index is 0.214. The van der Waals surface area contributed by atoms with E-state index in [1.54, 1.807) is 19.2 Å². The molecule has 1 atom stereocenters. The lowest BCUT2D eigenvalue weighted by Crippen LogP contribution is -2.14. The highest BCUT2D eigenvalue weighted by Crippen LogP contribution is 2.31. The fourth-order valence-electron chi connectivity index (χ4n) is 2.04. The molecule has 0 aromatic heterocycles. The molecular formula is C15H14BrCl2NO. The Bertz CT molecular complexity index is 619. The molecular weight excluding hydrogens is 361 g/mol. The zero-order chi connectivity index (χ0) is 14.7. The standard InChI is InChI=1S/C15H14BrCl2NO/c1-20-15-8-10(16)2-4-12(15)14(19)7-9-6-11(17)3-5-13(9)18/h2-6,8,14H,7,19H2,1H3. The Morgan fingerprint density at radius 1 is 1.20 bits per heavy atom. The van der Waals surface area contributed by atoms with E-state index in [1.807, 2.05) is 24.3 Å². The maximum atomic E-state index is 6.28. The smallest absolute Gasteiger partial charge is 0.124 e. The molecule has 20 heavy (non-hydrogen) atoms. The van der Waals surface area contributed by atoms with Gasteiger partial charge in [0.05, 0.1) is 7.11 Å². The van der Waals surface area contributed by atoms with Gasteiger partial charge in [-0.15, -0.1) is 0 Å². The molecule has 0 heterocycles. The Morgan fingerprint density at radius 3 is 2.65 bits per heavy atom. The number of hydrogen-bond donors (Lipinski definition) is 1. The molecule has 2 aromatic rings. The Kier molecular flexibility index (Phi) is 5.33. The summed E-state index contributed by atoms with van der Waals surface area (Å²) >= 11 is 15.6. The lowest BCUT2D eigenvalue weighted by atomic mass is 9.99. The molecule has 0 spiro atoms. The zero-order valence-electron chi connectivity index (χ0n) is 10.9. The minimum Gasteiger partial charge on any atom is -0.496 e. The van der Waals surface area contributed by atoms with Crippen LogP contribution in [0, 0.1) is 0 Å². The van der Waals surface area contributed by atoms with Gasteiger partial charge in [-0.1, -0.05) is 45.2 Å². The second-order valence-corrected chi connectivity index (χ2v) is 6.19. The third kappa shape index (κ3) is 3.67. The summed E-state index contributed by atoms with van der Waals surface area (Å²) in [6, 6.07) is 11.0. The molecule has 0 bridgehead atoms. The molecule has 0 aliphatic heterocycles. The molecule has 5 heteroatoms. The number of ether oxygens (including phenoxy) is 1. The fourth-order valence-corrected chi connectivity index (χ4v) is 2.77. The van der Waals surface area contributed by atoms with Crippen molar-refractivity contribution in [2.24, 2.45) is 5.73 Å². The SMILES string of the molecule is COc1cc(Br)ccc1C(N)Cc1cc(Cl)ccc1Cl. The number of benzene rings is 2. The Balaban J connectivity index is 2.28. The molecule has 0 aliphatic carbocycles. The topological polar surface area (TPSA) is 35.2 Å². The van der Waals surface area contributed by atoms with E-state index >= 15 is 0 Å². The normalized spacial score (nSPS) is 12.2. The predicted octanol–water partition coefficient (Wildman–Crippen LogP) is 5.01. The molecule has 0 saturated heterocycles. The second-order valence-electron chi connectivity index (χ2n) is 4.43. The van der Waals surface area contributed by atoms with Gasteiger partial charge in [0.15, 0.2) is 0 Å². The van der Waals surface area contributed by atoms with Crippen LogP contribution in [0.4, 0.5) is 0 Å². The first-order valence-corrected chi connectivity index (χ1v) is 7.59. The molecule has 2 rings (SSSR count). The van der Waals surface area contributed by atoms with Gasteiger partial charge >= 0.3 is 0 Å². The summed E-state index contributed by atoms with van der Waals surface area (Å²) in [5, 5.41) is 1.32. The van der Waals surface area contributed by atoms with E-state index in [-0.39, 0.29) is 6.04 Å². The van der Waals surface area contributed by atoms with E-state index in [0.717, 1.165) is 21.3 Å². The first-order chi connectivity index (χ1) is 9.51. The number of nitrogens with two attached hydrogens (primary N) is 1. The van der Waals surface area contributed by atoms with Gasteiger partial charge in [0.1, 0.15) is 5.75 Å². The Labute approximate surface area is 137 Å². The van der Waals surface area contributed by atoms with Crippen molar-refractivity contribution in [1.29, 1.82) is 0 Å². The summed E-state index contributed by atoms with van der Waals surface area (Å²) in [6.45, 7) is 0. The monoisotopic (exact) mass is 373 g/mol. The first kappa shape index (κ1) is 15.6. The average molecular weight is 375 g/mol. The van der Waals surface area contributed by atoms with Crippen molar-refractivity contribution in [2.75, 3.05) is 7.11 Å². The van der Waals surface area contributed by atoms with E-state index in [4.69, 9.17) is 33.7 Å². The summed E-state index contributed by atoms with van der Waals surface area (Å²) in [5.41, 5.74) is 8.14. The molecule has 0 saturated carbocycles.